The van der Waals surface area contributed by atoms with Crippen molar-refractivity contribution < 1.29 is 13.2 Å². The van der Waals surface area contributed by atoms with Crippen LogP contribution in [-0.2, 0) is 14.8 Å². The molecule has 0 aliphatic carbocycles. The molecule has 1 aliphatic heterocycles. The van der Waals surface area contributed by atoms with Crippen LogP contribution in [0.5, 0.6) is 0 Å². The number of hydrogen-bond acceptors (Lipinski definition) is 4. The maximum atomic E-state index is 12.1. The zero-order valence-corrected chi connectivity index (χ0v) is 11.7. The van der Waals surface area contributed by atoms with Crippen molar-refractivity contribution >= 4 is 10.0 Å². The standard InChI is InChI=1S/C11H24N2O3S/c1-4-16-8-11(9(2)3)13-17(14,15)10-5-6-12-7-10/h9-13H,4-8H2,1-3H3. The van der Waals surface area contributed by atoms with Crippen molar-refractivity contribution in [3.63, 3.8) is 0 Å². The van der Waals surface area contributed by atoms with Crippen LogP contribution in [0.3, 0.4) is 0 Å². The van der Waals surface area contributed by atoms with E-state index in [0.717, 1.165) is 6.54 Å². The fourth-order valence-electron chi connectivity index (χ4n) is 1.81. The van der Waals surface area contributed by atoms with Gasteiger partial charge in [0.05, 0.1) is 11.9 Å². The molecule has 102 valence electrons. The highest BCUT2D eigenvalue weighted by Crippen LogP contribution is 2.12. The van der Waals surface area contributed by atoms with Crippen LogP contribution in [-0.4, -0.2) is 46.0 Å². The van der Waals surface area contributed by atoms with Crippen LogP contribution in [0.4, 0.5) is 0 Å². The van der Waals surface area contributed by atoms with Crippen LogP contribution in [0, 0.1) is 5.92 Å². The van der Waals surface area contributed by atoms with Gasteiger partial charge in [-0.15, -0.1) is 0 Å². The minimum atomic E-state index is -3.23. The highest BCUT2D eigenvalue weighted by atomic mass is 32.2. The molecule has 1 saturated heterocycles. The molecule has 1 heterocycles. The summed E-state index contributed by atoms with van der Waals surface area (Å²) in [7, 11) is -3.23. The van der Waals surface area contributed by atoms with Crippen molar-refractivity contribution in [3.05, 3.63) is 0 Å². The lowest BCUT2D eigenvalue weighted by Gasteiger charge is -2.23. The Balaban J connectivity index is 2.58. The summed E-state index contributed by atoms with van der Waals surface area (Å²) in [6, 6.07) is -0.138. The van der Waals surface area contributed by atoms with Gasteiger partial charge >= 0.3 is 0 Å². The van der Waals surface area contributed by atoms with Gasteiger partial charge < -0.3 is 10.1 Å². The molecule has 1 aliphatic rings. The van der Waals surface area contributed by atoms with Crippen LogP contribution < -0.4 is 10.0 Å². The van der Waals surface area contributed by atoms with E-state index in [-0.39, 0.29) is 17.2 Å². The second-order valence-corrected chi connectivity index (χ2v) is 6.78. The molecular formula is C11H24N2O3S. The Labute approximate surface area is 104 Å². The predicted molar refractivity (Wildman–Crippen MR) is 68.4 cm³/mol. The van der Waals surface area contributed by atoms with Gasteiger partial charge in [-0.3, -0.25) is 0 Å². The third-order valence-electron chi connectivity index (χ3n) is 3.08. The number of sulfonamides is 1. The molecular weight excluding hydrogens is 240 g/mol. The second kappa shape index (κ2) is 6.68. The van der Waals surface area contributed by atoms with Crippen molar-refractivity contribution in [1.82, 2.24) is 10.0 Å². The molecule has 0 radical (unpaired) electrons. The predicted octanol–water partition coefficient (Wildman–Crippen LogP) is 0.329. The largest absolute Gasteiger partial charge is 0.380 e. The molecule has 2 unspecified atom stereocenters. The Morgan fingerprint density at radius 1 is 1.47 bits per heavy atom. The van der Waals surface area contributed by atoms with Crippen LogP contribution >= 0.6 is 0 Å². The van der Waals surface area contributed by atoms with Crippen molar-refractivity contribution in [3.8, 4) is 0 Å². The SMILES string of the molecule is CCOCC(NS(=O)(=O)C1CCNC1)C(C)C. The first-order valence-corrected chi connectivity index (χ1v) is 7.81. The molecule has 0 spiro atoms. The molecule has 2 atom stereocenters. The van der Waals surface area contributed by atoms with Gasteiger partial charge in [0.1, 0.15) is 0 Å². The quantitative estimate of drug-likeness (QED) is 0.695. The van der Waals surface area contributed by atoms with Gasteiger partial charge in [0.2, 0.25) is 10.0 Å². The van der Waals surface area contributed by atoms with E-state index >= 15 is 0 Å². The Hall–Kier alpha value is -0.170. The Kier molecular flexibility index (Phi) is 5.85. The maximum absolute atomic E-state index is 12.1. The van der Waals surface area contributed by atoms with Gasteiger partial charge in [-0.05, 0) is 25.8 Å². The second-order valence-electron chi connectivity index (χ2n) is 4.79. The fraction of sp³-hybridized carbons (Fsp3) is 1.00. The van der Waals surface area contributed by atoms with Gasteiger partial charge in [0.25, 0.3) is 0 Å². The lowest BCUT2D eigenvalue weighted by molar-refractivity contribution is 0.116. The third kappa shape index (κ3) is 4.54. The summed E-state index contributed by atoms with van der Waals surface area (Å²) >= 11 is 0. The average Bonchev–Trinajstić information content (AvgIpc) is 2.77. The van der Waals surface area contributed by atoms with E-state index in [4.69, 9.17) is 4.74 Å². The van der Waals surface area contributed by atoms with Gasteiger partial charge in [0.15, 0.2) is 0 Å². The van der Waals surface area contributed by atoms with E-state index in [1.807, 2.05) is 20.8 Å². The summed E-state index contributed by atoms with van der Waals surface area (Å²) in [4.78, 5) is 0. The summed E-state index contributed by atoms with van der Waals surface area (Å²) < 4.78 is 32.3. The summed E-state index contributed by atoms with van der Waals surface area (Å²) in [5, 5.41) is 2.77. The minimum absolute atomic E-state index is 0.138. The summed E-state index contributed by atoms with van der Waals surface area (Å²) in [6.45, 7) is 8.28. The Morgan fingerprint density at radius 2 is 2.18 bits per heavy atom. The van der Waals surface area contributed by atoms with E-state index in [9.17, 15) is 8.42 Å². The van der Waals surface area contributed by atoms with Gasteiger partial charge in [0, 0.05) is 19.2 Å². The lowest BCUT2D eigenvalue weighted by atomic mass is 10.1. The molecule has 0 amide bonds. The van der Waals surface area contributed by atoms with Crippen LogP contribution in [0.15, 0.2) is 0 Å². The van der Waals surface area contributed by atoms with E-state index in [0.29, 0.717) is 26.2 Å². The third-order valence-corrected chi connectivity index (χ3v) is 4.99. The number of ether oxygens (including phenoxy) is 1. The Bertz CT molecular complexity index is 311. The van der Waals surface area contributed by atoms with E-state index in [2.05, 4.69) is 10.0 Å². The van der Waals surface area contributed by atoms with Crippen molar-refractivity contribution in [2.75, 3.05) is 26.3 Å². The first kappa shape index (κ1) is 14.9. The van der Waals surface area contributed by atoms with Crippen LogP contribution in [0.25, 0.3) is 0 Å². The first-order valence-electron chi connectivity index (χ1n) is 6.27. The molecule has 2 N–H and O–H groups in total. The average molecular weight is 264 g/mol. The smallest absolute Gasteiger partial charge is 0.216 e. The number of hydrogen-bond donors (Lipinski definition) is 2. The molecule has 0 saturated carbocycles. The topological polar surface area (TPSA) is 67.4 Å². The highest BCUT2D eigenvalue weighted by molar-refractivity contribution is 7.90. The summed E-state index contributed by atoms with van der Waals surface area (Å²) in [6.07, 6.45) is 0.689. The van der Waals surface area contributed by atoms with Gasteiger partial charge in [-0.2, -0.15) is 0 Å². The van der Waals surface area contributed by atoms with E-state index in [1.54, 1.807) is 0 Å². The molecule has 0 aromatic heterocycles. The van der Waals surface area contributed by atoms with Crippen molar-refractivity contribution in [2.24, 2.45) is 5.92 Å². The minimum Gasteiger partial charge on any atom is -0.380 e. The molecule has 1 rings (SSSR count). The molecule has 0 aromatic rings. The normalized spacial score (nSPS) is 23.2. The fourth-order valence-corrected chi connectivity index (χ4v) is 3.53. The number of rotatable bonds is 7. The van der Waals surface area contributed by atoms with Crippen molar-refractivity contribution in [2.45, 2.75) is 38.5 Å². The zero-order valence-electron chi connectivity index (χ0n) is 10.9. The van der Waals surface area contributed by atoms with Gasteiger partial charge in [-0.1, -0.05) is 13.8 Å². The molecule has 0 bridgehead atoms. The highest BCUT2D eigenvalue weighted by Gasteiger charge is 2.31. The van der Waals surface area contributed by atoms with Gasteiger partial charge in [-0.25, -0.2) is 13.1 Å². The molecule has 0 aromatic carbocycles. The lowest BCUT2D eigenvalue weighted by Crippen LogP contribution is -2.46. The number of nitrogens with one attached hydrogen (secondary N) is 2. The Morgan fingerprint density at radius 3 is 2.65 bits per heavy atom. The van der Waals surface area contributed by atoms with Crippen LogP contribution in [0.2, 0.25) is 0 Å². The van der Waals surface area contributed by atoms with Crippen LogP contribution in [0.1, 0.15) is 27.2 Å². The maximum Gasteiger partial charge on any atom is 0.216 e. The molecule has 6 heteroatoms. The zero-order chi connectivity index (χ0) is 12.9. The summed E-state index contributed by atoms with van der Waals surface area (Å²) in [5.74, 6) is 0.227. The monoisotopic (exact) mass is 264 g/mol. The van der Waals surface area contributed by atoms with Crippen molar-refractivity contribution in [1.29, 1.82) is 0 Å². The molecule has 5 nitrogen and oxygen atoms in total. The van der Waals surface area contributed by atoms with E-state index < -0.39 is 10.0 Å². The molecule has 1 fully saturated rings. The summed E-state index contributed by atoms with van der Waals surface area (Å²) in [5.41, 5.74) is 0. The molecule has 17 heavy (non-hydrogen) atoms. The van der Waals surface area contributed by atoms with E-state index in [1.165, 1.54) is 0 Å². The first-order chi connectivity index (χ1) is 7.97.